The first-order chi connectivity index (χ1) is 11.7. The second kappa shape index (κ2) is 7.30. The van der Waals surface area contributed by atoms with E-state index in [-0.39, 0.29) is 18.3 Å². The highest BCUT2D eigenvalue weighted by molar-refractivity contribution is 7.09. The van der Waals surface area contributed by atoms with E-state index in [1.807, 2.05) is 24.3 Å². The van der Waals surface area contributed by atoms with Gasteiger partial charge in [-0.25, -0.2) is 9.97 Å². The van der Waals surface area contributed by atoms with Gasteiger partial charge in [0.25, 0.3) is 5.91 Å². The molecule has 3 aromatic rings. The van der Waals surface area contributed by atoms with E-state index in [2.05, 4.69) is 25.5 Å². The van der Waals surface area contributed by atoms with Gasteiger partial charge in [0.1, 0.15) is 16.5 Å². The number of aromatic amines is 1. The Balaban J connectivity index is 0.00000182. The summed E-state index contributed by atoms with van der Waals surface area (Å²) < 4.78 is 0. The number of nitrogens with zero attached hydrogens (tertiary/aromatic N) is 3. The Bertz CT molecular complexity index is 888. The third-order valence-corrected chi connectivity index (χ3v) is 4.68. The average Bonchev–Trinajstić information content (AvgIpc) is 3.14. The molecule has 2 aromatic heterocycles. The Morgan fingerprint density at radius 3 is 2.92 bits per heavy atom. The summed E-state index contributed by atoms with van der Waals surface area (Å²) in [6.45, 7) is 0.335. The van der Waals surface area contributed by atoms with E-state index in [1.165, 1.54) is 24.2 Å². The molecule has 1 aliphatic carbocycles. The zero-order valence-electron chi connectivity index (χ0n) is 13.2. The molecule has 4 N–H and O–H groups in total. The maximum atomic E-state index is 12.2. The van der Waals surface area contributed by atoms with Crippen LogP contribution in [0.3, 0.4) is 0 Å². The Labute approximate surface area is 154 Å². The minimum atomic E-state index is -0.253. The third kappa shape index (κ3) is 3.87. The van der Waals surface area contributed by atoms with E-state index in [4.69, 9.17) is 5.73 Å². The predicted octanol–water partition coefficient (Wildman–Crippen LogP) is 2.94. The molecule has 1 fully saturated rings. The number of carbonyl (C=O) groups excluding carboxylic acids is 1. The molecule has 0 spiro atoms. The predicted molar refractivity (Wildman–Crippen MR) is 99.0 cm³/mol. The van der Waals surface area contributed by atoms with Gasteiger partial charge in [-0.15, -0.1) is 23.7 Å². The molecule has 9 heteroatoms. The molecular formula is C16H17ClN6OS. The molecule has 0 bridgehead atoms. The molecule has 4 rings (SSSR count). The number of amides is 1. The van der Waals surface area contributed by atoms with Gasteiger partial charge in [0, 0.05) is 29.1 Å². The fourth-order valence-corrected chi connectivity index (χ4v) is 3.04. The van der Waals surface area contributed by atoms with Gasteiger partial charge in [-0.05, 0) is 25.0 Å². The first kappa shape index (κ1) is 17.5. The molecule has 25 heavy (non-hydrogen) atoms. The first-order valence-corrected chi connectivity index (χ1v) is 8.59. The molecule has 2 heterocycles. The number of nitrogens with two attached hydrogens (primary N) is 1. The Morgan fingerprint density at radius 1 is 1.36 bits per heavy atom. The zero-order valence-corrected chi connectivity index (χ0v) is 14.9. The lowest BCUT2D eigenvalue weighted by Gasteiger charge is -2.04. The highest BCUT2D eigenvalue weighted by Gasteiger charge is 2.27. The average molecular weight is 377 g/mol. The quantitative estimate of drug-likeness (QED) is 0.634. The summed E-state index contributed by atoms with van der Waals surface area (Å²) in [5.74, 6) is 1.86. The summed E-state index contributed by atoms with van der Waals surface area (Å²) in [7, 11) is 0. The van der Waals surface area contributed by atoms with Gasteiger partial charge in [0.2, 0.25) is 0 Å². The van der Waals surface area contributed by atoms with Gasteiger partial charge in [0.15, 0.2) is 5.82 Å². The van der Waals surface area contributed by atoms with Crippen LogP contribution in [0.1, 0.15) is 40.1 Å². The monoisotopic (exact) mass is 376 g/mol. The summed E-state index contributed by atoms with van der Waals surface area (Å²) in [6.07, 6.45) is 2.34. The number of H-pyrrole nitrogens is 1. The Morgan fingerprint density at radius 2 is 2.20 bits per heavy atom. The van der Waals surface area contributed by atoms with E-state index >= 15 is 0 Å². The molecule has 0 radical (unpaired) electrons. The van der Waals surface area contributed by atoms with Crippen molar-refractivity contribution in [2.45, 2.75) is 25.3 Å². The van der Waals surface area contributed by atoms with Gasteiger partial charge in [0.05, 0.1) is 0 Å². The highest BCUT2D eigenvalue weighted by atomic mass is 35.5. The smallest absolute Gasteiger partial charge is 0.275 e. The van der Waals surface area contributed by atoms with Crippen LogP contribution in [-0.2, 0) is 6.54 Å². The van der Waals surface area contributed by atoms with Crippen LogP contribution in [0.5, 0.6) is 0 Å². The van der Waals surface area contributed by atoms with Crippen molar-refractivity contribution in [3.63, 3.8) is 0 Å². The lowest BCUT2D eigenvalue weighted by atomic mass is 10.2. The summed E-state index contributed by atoms with van der Waals surface area (Å²) in [6, 6.07) is 7.47. The number of nitrogens with one attached hydrogen (secondary N) is 2. The lowest BCUT2D eigenvalue weighted by Crippen LogP contribution is -2.12. The molecule has 7 nitrogen and oxygen atoms in total. The molecule has 1 aromatic carbocycles. The number of anilines is 1. The van der Waals surface area contributed by atoms with Crippen molar-refractivity contribution < 1.29 is 4.79 Å². The summed E-state index contributed by atoms with van der Waals surface area (Å²) in [4.78, 5) is 21.0. The summed E-state index contributed by atoms with van der Waals surface area (Å²) >= 11 is 1.38. The minimum Gasteiger partial charge on any atom is -0.325 e. The van der Waals surface area contributed by atoms with Crippen molar-refractivity contribution in [3.8, 4) is 11.4 Å². The normalized spacial score (nSPS) is 13.3. The molecule has 0 unspecified atom stereocenters. The second-order valence-corrected chi connectivity index (χ2v) is 6.63. The number of hydrogen-bond donors (Lipinski definition) is 3. The molecule has 0 aliphatic heterocycles. The van der Waals surface area contributed by atoms with Gasteiger partial charge >= 0.3 is 0 Å². The van der Waals surface area contributed by atoms with Gasteiger partial charge in [-0.2, -0.15) is 5.10 Å². The number of aromatic nitrogens is 4. The third-order valence-electron chi connectivity index (χ3n) is 3.80. The maximum Gasteiger partial charge on any atom is 0.275 e. The van der Waals surface area contributed by atoms with Gasteiger partial charge < -0.3 is 11.1 Å². The number of benzene rings is 1. The van der Waals surface area contributed by atoms with Crippen LogP contribution in [0.2, 0.25) is 0 Å². The van der Waals surface area contributed by atoms with Crippen molar-refractivity contribution in [3.05, 3.63) is 46.2 Å². The molecule has 0 saturated heterocycles. The number of hydrogen-bond acceptors (Lipinski definition) is 6. The van der Waals surface area contributed by atoms with E-state index in [0.29, 0.717) is 29.7 Å². The summed E-state index contributed by atoms with van der Waals surface area (Å²) in [5, 5.41) is 12.6. The van der Waals surface area contributed by atoms with Crippen molar-refractivity contribution in [2.24, 2.45) is 5.73 Å². The molecule has 1 saturated carbocycles. The maximum absolute atomic E-state index is 12.2. The summed E-state index contributed by atoms with van der Waals surface area (Å²) in [5.41, 5.74) is 7.44. The van der Waals surface area contributed by atoms with Crippen LogP contribution in [0.25, 0.3) is 11.4 Å². The van der Waals surface area contributed by atoms with Gasteiger partial charge in [-0.1, -0.05) is 12.1 Å². The SMILES string of the molecule is Cl.NCc1nc(C(=O)Nc2cccc(-c3n[nH]c(C4CC4)n3)c2)cs1. The van der Waals surface area contributed by atoms with Crippen molar-refractivity contribution >= 4 is 35.3 Å². The number of halogens is 1. The number of carbonyl (C=O) groups is 1. The Kier molecular flexibility index (Phi) is 5.12. The minimum absolute atomic E-state index is 0. The standard InChI is InChI=1S/C16H16N6OS.ClH/c17-7-13-19-12(8-24-13)16(23)18-11-3-1-2-10(6-11)15-20-14(21-22-15)9-4-5-9;/h1-3,6,8-9H,4-5,7,17H2,(H,18,23)(H,20,21,22);1H. The molecule has 0 atom stereocenters. The lowest BCUT2D eigenvalue weighted by molar-refractivity contribution is 0.102. The topological polar surface area (TPSA) is 110 Å². The second-order valence-electron chi connectivity index (χ2n) is 5.68. The van der Waals surface area contributed by atoms with Crippen LogP contribution < -0.4 is 11.1 Å². The fraction of sp³-hybridized carbons (Fsp3) is 0.250. The van der Waals surface area contributed by atoms with E-state index < -0.39 is 0 Å². The fourth-order valence-electron chi connectivity index (χ4n) is 2.38. The first-order valence-electron chi connectivity index (χ1n) is 7.71. The van der Waals surface area contributed by atoms with Crippen LogP contribution in [-0.4, -0.2) is 26.1 Å². The largest absolute Gasteiger partial charge is 0.325 e. The molecule has 130 valence electrons. The van der Waals surface area contributed by atoms with Crippen LogP contribution in [0.4, 0.5) is 5.69 Å². The number of rotatable bonds is 5. The molecule has 1 aliphatic rings. The Hall–Kier alpha value is -2.29. The molecule has 1 amide bonds. The highest BCUT2D eigenvalue weighted by Crippen LogP contribution is 2.38. The van der Waals surface area contributed by atoms with Crippen LogP contribution in [0.15, 0.2) is 29.6 Å². The zero-order chi connectivity index (χ0) is 16.5. The van der Waals surface area contributed by atoms with E-state index in [0.717, 1.165) is 16.4 Å². The van der Waals surface area contributed by atoms with Crippen molar-refractivity contribution in [2.75, 3.05) is 5.32 Å². The van der Waals surface area contributed by atoms with Crippen LogP contribution >= 0.6 is 23.7 Å². The van der Waals surface area contributed by atoms with E-state index in [1.54, 1.807) is 5.38 Å². The van der Waals surface area contributed by atoms with Crippen molar-refractivity contribution in [1.29, 1.82) is 0 Å². The molecular weight excluding hydrogens is 360 g/mol. The van der Waals surface area contributed by atoms with Crippen molar-refractivity contribution in [1.82, 2.24) is 20.2 Å². The number of thiazole rings is 1. The van der Waals surface area contributed by atoms with Gasteiger partial charge in [-0.3, -0.25) is 9.89 Å². The van der Waals surface area contributed by atoms with Crippen LogP contribution in [0, 0.1) is 0 Å². The van der Waals surface area contributed by atoms with E-state index in [9.17, 15) is 4.79 Å².